The number of benzene rings is 2. The number of halogens is 1. The molecule has 0 aliphatic rings. The Balaban J connectivity index is 1.71. The molecular weight excluding hydrogens is 348 g/mol. The van der Waals surface area contributed by atoms with E-state index >= 15 is 0 Å². The van der Waals surface area contributed by atoms with Crippen molar-refractivity contribution in [3.63, 3.8) is 0 Å². The van der Waals surface area contributed by atoms with Crippen LogP contribution in [-0.4, -0.2) is 24.4 Å². The third kappa shape index (κ3) is 3.83. The highest BCUT2D eigenvalue weighted by Gasteiger charge is 2.11. The molecule has 0 radical (unpaired) electrons. The smallest absolute Gasteiger partial charge is 0.277 e. The number of methoxy groups -OCH3 is 2. The van der Waals surface area contributed by atoms with E-state index in [4.69, 9.17) is 25.5 Å². The Morgan fingerprint density at radius 1 is 1.04 bits per heavy atom. The van der Waals surface area contributed by atoms with Gasteiger partial charge in [0.25, 0.3) is 5.22 Å². The zero-order valence-electron chi connectivity index (χ0n) is 13.2. The van der Waals surface area contributed by atoms with Crippen molar-refractivity contribution < 1.29 is 13.9 Å². The Kier molecular flexibility index (Phi) is 5.27. The maximum Gasteiger partial charge on any atom is 0.277 e. The Morgan fingerprint density at radius 3 is 2.54 bits per heavy atom. The fourth-order valence-electron chi connectivity index (χ4n) is 2.12. The fourth-order valence-corrected chi connectivity index (χ4v) is 3.05. The Labute approximate surface area is 148 Å². The minimum Gasteiger partial charge on any atom is -0.497 e. The van der Waals surface area contributed by atoms with Crippen LogP contribution in [0.1, 0.15) is 5.56 Å². The van der Waals surface area contributed by atoms with Gasteiger partial charge in [-0.2, -0.15) is 0 Å². The summed E-state index contributed by atoms with van der Waals surface area (Å²) in [5, 5.41) is 9.30. The van der Waals surface area contributed by atoms with Crippen molar-refractivity contribution in [1.29, 1.82) is 0 Å². The zero-order valence-corrected chi connectivity index (χ0v) is 14.7. The number of ether oxygens (including phenoxy) is 2. The van der Waals surface area contributed by atoms with Gasteiger partial charge in [-0.15, -0.1) is 10.2 Å². The summed E-state index contributed by atoms with van der Waals surface area (Å²) in [5.74, 6) is 2.65. The van der Waals surface area contributed by atoms with Crippen molar-refractivity contribution in [1.82, 2.24) is 10.2 Å². The molecule has 1 aromatic heterocycles. The van der Waals surface area contributed by atoms with E-state index in [1.165, 1.54) is 11.8 Å². The van der Waals surface area contributed by atoms with Crippen LogP contribution < -0.4 is 9.47 Å². The van der Waals surface area contributed by atoms with E-state index in [-0.39, 0.29) is 0 Å². The molecule has 1 heterocycles. The van der Waals surface area contributed by atoms with Crippen molar-refractivity contribution in [2.75, 3.05) is 14.2 Å². The molecule has 0 saturated carbocycles. The second kappa shape index (κ2) is 7.59. The Bertz CT molecular complexity index is 821. The van der Waals surface area contributed by atoms with Crippen molar-refractivity contribution in [2.24, 2.45) is 0 Å². The molecule has 0 bridgehead atoms. The van der Waals surface area contributed by atoms with Gasteiger partial charge in [0, 0.05) is 21.9 Å². The largest absolute Gasteiger partial charge is 0.497 e. The predicted molar refractivity (Wildman–Crippen MR) is 93.9 cm³/mol. The fraction of sp³-hybridized carbons (Fsp3) is 0.176. The lowest BCUT2D eigenvalue weighted by molar-refractivity contribution is 0.411. The number of aromatic nitrogens is 2. The minimum atomic E-state index is 0.471. The quantitative estimate of drug-likeness (QED) is 0.592. The summed E-state index contributed by atoms with van der Waals surface area (Å²) in [6.45, 7) is 0. The maximum atomic E-state index is 6.04. The van der Waals surface area contributed by atoms with E-state index in [9.17, 15) is 0 Å². The maximum absolute atomic E-state index is 6.04. The third-order valence-corrected chi connectivity index (χ3v) is 4.44. The number of hydrogen-bond acceptors (Lipinski definition) is 6. The highest BCUT2D eigenvalue weighted by molar-refractivity contribution is 7.98. The molecule has 0 amide bonds. The normalized spacial score (nSPS) is 10.6. The molecule has 0 N–H and O–H groups in total. The van der Waals surface area contributed by atoms with Crippen LogP contribution in [0.15, 0.2) is 52.1 Å². The summed E-state index contributed by atoms with van der Waals surface area (Å²) in [6.07, 6.45) is 0. The average Bonchev–Trinajstić information content (AvgIpc) is 3.09. The molecule has 0 unspecified atom stereocenters. The van der Waals surface area contributed by atoms with Crippen molar-refractivity contribution in [2.45, 2.75) is 11.0 Å². The Hall–Kier alpha value is -2.18. The van der Waals surface area contributed by atoms with Gasteiger partial charge in [0.1, 0.15) is 11.5 Å². The molecule has 2 aromatic carbocycles. The lowest BCUT2D eigenvalue weighted by atomic mass is 10.2. The molecule has 0 fully saturated rings. The van der Waals surface area contributed by atoms with Gasteiger partial charge in [0.05, 0.1) is 14.2 Å². The van der Waals surface area contributed by atoms with E-state index in [0.29, 0.717) is 21.9 Å². The van der Waals surface area contributed by atoms with Gasteiger partial charge >= 0.3 is 0 Å². The summed E-state index contributed by atoms with van der Waals surface area (Å²) in [4.78, 5) is 0. The van der Waals surface area contributed by atoms with E-state index in [1.807, 2.05) is 36.4 Å². The molecule has 7 heteroatoms. The molecule has 0 aliphatic heterocycles. The van der Waals surface area contributed by atoms with Crippen LogP contribution in [0.2, 0.25) is 5.02 Å². The summed E-state index contributed by atoms with van der Waals surface area (Å²) in [5.41, 5.74) is 1.81. The molecule has 0 saturated heterocycles. The van der Waals surface area contributed by atoms with Crippen molar-refractivity contribution in [3.8, 4) is 23.0 Å². The van der Waals surface area contributed by atoms with Gasteiger partial charge in [-0.1, -0.05) is 23.4 Å². The summed E-state index contributed by atoms with van der Waals surface area (Å²) in [7, 11) is 3.26. The lowest BCUT2D eigenvalue weighted by Crippen LogP contribution is -1.90. The molecule has 5 nitrogen and oxygen atoms in total. The number of hydrogen-bond donors (Lipinski definition) is 0. The summed E-state index contributed by atoms with van der Waals surface area (Å²) in [6, 6.07) is 13.0. The first-order valence-corrected chi connectivity index (χ1v) is 8.49. The zero-order chi connectivity index (χ0) is 16.9. The highest BCUT2D eigenvalue weighted by Crippen LogP contribution is 2.31. The first kappa shape index (κ1) is 16.7. The van der Waals surface area contributed by atoms with Crippen molar-refractivity contribution >= 4 is 23.4 Å². The molecule has 3 rings (SSSR count). The molecule has 24 heavy (non-hydrogen) atoms. The predicted octanol–water partition coefficient (Wildman–Crippen LogP) is 4.70. The van der Waals surface area contributed by atoms with Crippen LogP contribution in [0, 0.1) is 0 Å². The first-order chi connectivity index (χ1) is 11.7. The van der Waals surface area contributed by atoms with Crippen LogP contribution in [0.25, 0.3) is 11.5 Å². The third-order valence-electron chi connectivity index (χ3n) is 3.34. The average molecular weight is 363 g/mol. The molecule has 124 valence electrons. The van der Waals surface area contributed by atoms with Gasteiger partial charge in [-0.05, 0) is 42.5 Å². The van der Waals surface area contributed by atoms with Gasteiger partial charge in [0.2, 0.25) is 5.89 Å². The minimum absolute atomic E-state index is 0.471. The first-order valence-electron chi connectivity index (χ1n) is 7.12. The van der Waals surface area contributed by atoms with E-state index in [1.54, 1.807) is 20.3 Å². The van der Waals surface area contributed by atoms with Crippen molar-refractivity contribution in [3.05, 3.63) is 53.1 Å². The van der Waals surface area contributed by atoms with Gasteiger partial charge in [-0.25, -0.2) is 0 Å². The molecule has 0 aliphatic carbocycles. The second-order valence-electron chi connectivity index (χ2n) is 4.85. The summed E-state index contributed by atoms with van der Waals surface area (Å²) >= 11 is 7.47. The van der Waals surface area contributed by atoms with Crippen LogP contribution in [0.3, 0.4) is 0 Å². The summed E-state index contributed by atoms with van der Waals surface area (Å²) < 4.78 is 16.2. The Morgan fingerprint density at radius 2 is 1.83 bits per heavy atom. The van der Waals surface area contributed by atoms with E-state index in [2.05, 4.69) is 10.2 Å². The molecular formula is C17H15ClN2O3S. The standard InChI is InChI=1S/C17H15ClN2O3S/c1-21-14-6-3-11(4-7-14)16-19-20-17(23-16)24-10-12-9-13(18)5-8-15(12)22-2/h3-9H,10H2,1-2H3. The molecule has 0 atom stereocenters. The van der Waals surface area contributed by atoms with Crippen LogP contribution in [-0.2, 0) is 5.75 Å². The topological polar surface area (TPSA) is 57.4 Å². The number of thioether (sulfide) groups is 1. The monoisotopic (exact) mass is 362 g/mol. The molecule has 3 aromatic rings. The van der Waals surface area contributed by atoms with Gasteiger partial charge < -0.3 is 13.9 Å². The van der Waals surface area contributed by atoms with Gasteiger partial charge in [0.15, 0.2) is 0 Å². The highest BCUT2D eigenvalue weighted by atomic mass is 35.5. The molecule has 0 spiro atoms. The SMILES string of the molecule is COc1ccc(-c2nnc(SCc3cc(Cl)ccc3OC)o2)cc1. The lowest BCUT2D eigenvalue weighted by Gasteiger charge is -2.07. The number of rotatable bonds is 6. The van der Waals surface area contributed by atoms with Crippen LogP contribution >= 0.6 is 23.4 Å². The van der Waals surface area contributed by atoms with Gasteiger partial charge in [-0.3, -0.25) is 0 Å². The number of nitrogens with zero attached hydrogens (tertiary/aromatic N) is 2. The van der Waals surface area contributed by atoms with E-state index < -0.39 is 0 Å². The van der Waals surface area contributed by atoms with Crippen LogP contribution in [0.4, 0.5) is 0 Å². The van der Waals surface area contributed by atoms with E-state index in [0.717, 1.165) is 22.6 Å². The second-order valence-corrected chi connectivity index (χ2v) is 6.21. The van der Waals surface area contributed by atoms with Crippen LogP contribution in [0.5, 0.6) is 11.5 Å².